The van der Waals surface area contributed by atoms with E-state index in [1.807, 2.05) is 39.0 Å². The molecule has 4 heterocycles. The summed E-state index contributed by atoms with van der Waals surface area (Å²) in [7, 11) is 0. The number of hydrogen-bond acceptors (Lipinski definition) is 6. The lowest BCUT2D eigenvalue weighted by Gasteiger charge is -2.31. The second kappa shape index (κ2) is 8.39. The molecule has 0 radical (unpaired) electrons. The van der Waals surface area contributed by atoms with Crippen molar-refractivity contribution in [2.45, 2.75) is 33.6 Å². The Labute approximate surface area is 179 Å². The van der Waals surface area contributed by atoms with E-state index in [9.17, 15) is 9.59 Å². The van der Waals surface area contributed by atoms with Gasteiger partial charge in [-0.05, 0) is 57.4 Å². The summed E-state index contributed by atoms with van der Waals surface area (Å²) in [6.07, 6.45) is 3.25. The van der Waals surface area contributed by atoms with E-state index in [0.717, 1.165) is 24.2 Å². The number of aromatic nitrogens is 2. The number of anilines is 1. The molecule has 1 fully saturated rings. The number of thiazole rings is 1. The Bertz CT molecular complexity index is 1070. The van der Waals surface area contributed by atoms with Crippen LogP contribution in [0.3, 0.4) is 0 Å². The summed E-state index contributed by atoms with van der Waals surface area (Å²) in [6, 6.07) is 7.44. The number of nitrogens with one attached hydrogen (secondary N) is 1. The van der Waals surface area contributed by atoms with Crippen LogP contribution in [0.4, 0.5) is 5.82 Å². The summed E-state index contributed by atoms with van der Waals surface area (Å²) in [5.74, 6) is 1.57. The minimum Gasteiger partial charge on any atom is -0.459 e. The molecule has 30 heavy (non-hydrogen) atoms. The SMILES string of the molecule is Cc1ccc(NC(=O)C2CCCN(C(=O)c3sc(-c4ccc(C)o4)nc3C)C2)nc1. The van der Waals surface area contributed by atoms with Crippen molar-refractivity contribution in [3.8, 4) is 10.8 Å². The second-order valence-corrected chi connectivity index (χ2v) is 8.64. The second-order valence-electron chi connectivity index (χ2n) is 7.64. The van der Waals surface area contributed by atoms with Gasteiger partial charge in [-0.2, -0.15) is 0 Å². The van der Waals surface area contributed by atoms with Gasteiger partial charge in [-0.1, -0.05) is 6.07 Å². The van der Waals surface area contributed by atoms with E-state index in [-0.39, 0.29) is 17.7 Å². The molecule has 1 aliphatic rings. The summed E-state index contributed by atoms with van der Waals surface area (Å²) < 4.78 is 5.64. The summed E-state index contributed by atoms with van der Waals surface area (Å²) in [5.41, 5.74) is 1.72. The Hall–Kier alpha value is -3.00. The van der Waals surface area contributed by atoms with Crippen LogP contribution in [0, 0.1) is 26.7 Å². The van der Waals surface area contributed by atoms with Crippen LogP contribution in [0.1, 0.15) is 39.5 Å². The molecule has 1 unspecified atom stereocenters. The molecular formula is C22H24N4O3S. The monoisotopic (exact) mass is 424 g/mol. The van der Waals surface area contributed by atoms with Crippen LogP contribution in [0.25, 0.3) is 10.8 Å². The molecule has 1 aliphatic heterocycles. The van der Waals surface area contributed by atoms with E-state index in [1.165, 1.54) is 11.3 Å². The van der Waals surface area contributed by atoms with Gasteiger partial charge in [0.05, 0.1) is 11.6 Å². The molecule has 156 valence electrons. The third-order valence-electron chi connectivity index (χ3n) is 5.18. The third-order valence-corrected chi connectivity index (χ3v) is 6.34. The van der Waals surface area contributed by atoms with Crippen LogP contribution in [-0.2, 0) is 4.79 Å². The van der Waals surface area contributed by atoms with E-state index in [4.69, 9.17) is 4.42 Å². The summed E-state index contributed by atoms with van der Waals surface area (Å²) in [5, 5.41) is 3.56. The minimum atomic E-state index is -0.258. The molecule has 8 heteroatoms. The standard InChI is InChI=1S/C22H24N4O3S/c1-13-6-9-18(23-11-13)25-20(27)16-5-4-10-26(12-16)22(28)19-15(3)24-21(30-19)17-8-7-14(2)29-17/h6-9,11,16H,4-5,10,12H2,1-3H3,(H,23,25,27). The number of hydrogen-bond donors (Lipinski definition) is 1. The van der Waals surface area contributed by atoms with Gasteiger partial charge in [0.15, 0.2) is 10.8 Å². The first-order chi connectivity index (χ1) is 14.4. The highest BCUT2D eigenvalue weighted by atomic mass is 32.1. The number of nitrogens with zero attached hydrogens (tertiary/aromatic N) is 3. The normalized spacial score (nSPS) is 16.5. The first-order valence-corrected chi connectivity index (χ1v) is 10.8. The van der Waals surface area contributed by atoms with Crippen LogP contribution in [0.5, 0.6) is 0 Å². The van der Waals surface area contributed by atoms with Crippen molar-refractivity contribution in [3.63, 3.8) is 0 Å². The first-order valence-electron chi connectivity index (χ1n) is 9.98. The van der Waals surface area contributed by atoms with Crippen LogP contribution < -0.4 is 5.32 Å². The number of carbonyl (C=O) groups is 2. The lowest BCUT2D eigenvalue weighted by molar-refractivity contribution is -0.121. The number of pyridine rings is 1. The van der Waals surface area contributed by atoms with Crippen molar-refractivity contribution in [3.05, 3.63) is 52.4 Å². The van der Waals surface area contributed by atoms with E-state index >= 15 is 0 Å². The Morgan fingerprint density at radius 1 is 1.20 bits per heavy atom. The van der Waals surface area contributed by atoms with Crippen LogP contribution in [-0.4, -0.2) is 39.8 Å². The zero-order valence-electron chi connectivity index (χ0n) is 17.3. The van der Waals surface area contributed by atoms with E-state index in [1.54, 1.807) is 17.2 Å². The summed E-state index contributed by atoms with van der Waals surface area (Å²) in [4.78, 5) is 37.0. The van der Waals surface area contributed by atoms with Gasteiger partial charge in [0.2, 0.25) is 5.91 Å². The molecule has 3 aromatic rings. The molecule has 7 nitrogen and oxygen atoms in total. The maximum absolute atomic E-state index is 13.2. The van der Waals surface area contributed by atoms with Gasteiger partial charge in [0, 0.05) is 19.3 Å². The largest absolute Gasteiger partial charge is 0.459 e. The zero-order chi connectivity index (χ0) is 21.3. The lowest BCUT2D eigenvalue weighted by atomic mass is 9.97. The molecular weight excluding hydrogens is 400 g/mol. The Balaban J connectivity index is 1.45. The predicted octanol–water partition coefficient (Wildman–Crippen LogP) is 4.21. The average molecular weight is 425 g/mol. The van der Waals surface area contributed by atoms with Crippen molar-refractivity contribution in [1.82, 2.24) is 14.9 Å². The maximum Gasteiger partial charge on any atom is 0.265 e. The highest BCUT2D eigenvalue weighted by Crippen LogP contribution is 2.31. The molecule has 1 saturated heterocycles. The van der Waals surface area contributed by atoms with E-state index in [2.05, 4.69) is 15.3 Å². The Morgan fingerprint density at radius 3 is 2.73 bits per heavy atom. The van der Waals surface area contributed by atoms with E-state index in [0.29, 0.717) is 40.2 Å². The number of amides is 2. The molecule has 0 saturated carbocycles. The van der Waals surface area contributed by atoms with Crippen molar-refractivity contribution in [2.24, 2.45) is 5.92 Å². The van der Waals surface area contributed by atoms with Gasteiger partial charge < -0.3 is 14.6 Å². The quantitative estimate of drug-likeness (QED) is 0.678. The van der Waals surface area contributed by atoms with Gasteiger partial charge in [-0.15, -0.1) is 11.3 Å². The van der Waals surface area contributed by atoms with Gasteiger partial charge in [-0.3, -0.25) is 9.59 Å². The summed E-state index contributed by atoms with van der Waals surface area (Å²) >= 11 is 1.33. The van der Waals surface area contributed by atoms with Gasteiger partial charge in [0.25, 0.3) is 5.91 Å². The molecule has 2 amide bonds. The molecule has 0 spiro atoms. The topological polar surface area (TPSA) is 88.3 Å². The van der Waals surface area contributed by atoms with Crippen molar-refractivity contribution >= 4 is 29.0 Å². The molecule has 1 atom stereocenters. The smallest absolute Gasteiger partial charge is 0.265 e. The maximum atomic E-state index is 13.2. The molecule has 4 rings (SSSR count). The Kier molecular flexibility index (Phi) is 5.67. The first kappa shape index (κ1) is 20.3. The molecule has 0 aromatic carbocycles. The molecule has 1 N–H and O–H groups in total. The van der Waals surface area contributed by atoms with Gasteiger partial charge in [0.1, 0.15) is 16.5 Å². The van der Waals surface area contributed by atoms with Crippen LogP contribution in [0.2, 0.25) is 0 Å². The number of aryl methyl sites for hydroxylation is 3. The van der Waals surface area contributed by atoms with E-state index < -0.39 is 0 Å². The number of furan rings is 1. The number of carbonyl (C=O) groups excluding carboxylic acids is 2. The molecule has 0 aliphatic carbocycles. The van der Waals surface area contributed by atoms with Gasteiger partial charge >= 0.3 is 0 Å². The van der Waals surface area contributed by atoms with Crippen LogP contribution in [0.15, 0.2) is 34.9 Å². The van der Waals surface area contributed by atoms with Crippen molar-refractivity contribution in [2.75, 3.05) is 18.4 Å². The summed E-state index contributed by atoms with van der Waals surface area (Å²) in [6.45, 7) is 6.69. The number of likely N-dealkylation sites (tertiary alicyclic amines) is 1. The van der Waals surface area contributed by atoms with Gasteiger partial charge in [-0.25, -0.2) is 9.97 Å². The number of rotatable bonds is 4. The zero-order valence-corrected chi connectivity index (χ0v) is 18.1. The fourth-order valence-corrected chi connectivity index (χ4v) is 4.53. The van der Waals surface area contributed by atoms with Crippen molar-refractivity contribution in [1.29, 1.82) is 0 Å². The van der Waals surface area contributed by atoms with Crippen molar-refractivity contribution < 1.29 is 14.0 Å². The predicted molar refractivity (Wildman–Crippen MR) is 116 cm³/mol. The Morgan fingerprint density at radius 2 is 2.03 bits per heavy atom. The minimum absolute atomic E-state index is 0.0783. The van der Waals surface area contributed by atoms with Crippen LogP contribution >= 0.6 is 11.3 Å². The average Bonchev–Trinajstić information content (AvgIpc) is 3.35. The fraction of sp³-hybridized carbons (Fsp3) is 0.364. The fourth-order valence-electron chi connectivity index (χ4n) is 3.54. The molecule has 0 bridgehead atoms. The highest BCUT2D eigenvalue weighted by molar-refractivity contribution is 7.17. The number of piperidine rings is 1. The third kappa shape index (κ3) is 4.28. The molecule has 3 aromatic heterocycles. The highest BCUT2D eigenvalue weighted by Gasteiger charge is 2.31. The lowest BCUT2D eigenvalue weighted by Crippen LogP contribution is -2.43.